The minimum atomic E-state index is -4.44. The molecule has 1 unspecified atom stereocenters. The molecule has 2 aromatic rings. The summed E-state index contributed by atoms with van der Waals surface area (Å²) in [5, 5.41) is 6.25. The fourth-order valence-corrected chi connectivity index (χ4v) is 2.14. The summed E-state index contributed by atoms with van der Waals surface area (Å²) in [4.78, 5) is 10.4. The molecule has 9 heteroatoms. The minimum absolute atomic E-state index is 0.0236. The number of aromatic amines is 1. The average molecular weight is 273 g/mol. The van der Waals surface area contributed by atoms with Crippen molar-refractivity contribution in [3.63, 3.8) is 0 Å². The van der Waals surface area contributed by atoms with Gasteiger partial charge in [0.2, 0.25) is 11.7 Å². The van der Waals surface area contributed by atoms with Gasteiger partial charge in [-0.15, -0.1) is 0 Å². The number of halogens is 3. The highest BCUT2D eigenvalue weighted by Crippen LogP contribution is 2.44. The molecule has 3 rings (SSSR count). The van der Waals surface area contributed by atoms with Crippen molar-refractivity contribution in [3.05, 3.63) is 18.3 Å². The van der Waals surface area contributed by atoms with E-state index in [2.05, 4.69) is 25.4 Å². The second-order valence-electron chi connectivity index (χ2n) is 4.37. The Hall–Kier alpha value is -1.90. The molecule has 0 bridgehead atoms. The van der Waals surface area contributed by atoms with Crippen LogP contribution in [0.25, 0.3) is 11.6 Å². The smallest absolute Gasteiger partial charge is 0.342 e. The lowest BCUT2D eigenvalue weighted by Gasteiger charge is -2.26. The van der Waals surface area contributed by atoms with Crippen LogP contribution in [-0.4, -0.2) is 39.4 Å². The van der Waals surface area contributed by atoms with Crippen molar-refractivity contribution in [1.29, 1.82) is 0 Å². The van der Waals surface area contributed by atoms with Gasteiger partial charge in [-0.1, -0.05) is 5.16 Å². The number of imidazole rings is 1. The van der Waals surface area contributed by atoms with Crippen LogP contribution in [0.3, 0.4) is 0 Å². The second-order valence-corrected chi connectivity index (χ2v) is 4.37. The van der Waals surface area contributed by atoms with Gasteiger partial charge in [-0.25, -0.2) is 4.98 Å². The molecule has 0 amide bonds. The van der Waals surface area contributed by atoms with E-state index in [-0.39, 0.29) is 31.2 Å². The molecule has 0 radical (unpaired) electrons. The number of alkyl halides is 3. The van der Waals surface area contributed by atoms with E-state index >= 15 is 0 Å². The Kier molecular flexibility index (Phi) is 2.59. The monoisotopic (exact) mass is 273 g/mol. The van der Waals surface area contributed by atoms with E-state index in [1.807, 2.05) is 0 Å². The first-order valence-electron chi connectivity index (χ1n) is 5.64. The largest absolute Gasteiger partial charge is 0.404 e. The van der Waals surface area contributed by atoms with Gasteiger partial charge in [-0.05, 0) is 13.0 Å². The van der Waals surface area contributed by atoms with Gasteiger partial charge in [0.15, 0.2) is 11.2 Å². The number of rotatable bonds is 2. The van der Waals surface area contributed by atoms with E-state index < -0.39 is 17.5 Å². The van der Waals surface area contributed by atoms with Crippen LogP contribution in [0, 0.1) is 0 Å². The molecule has 0 saturated carbocycles. The van der Waals surface area contributed by atoms with Gasteiger partial charge in [-0.3, -0.25) is 0 Å². The van der Waals surface area contributed by atoms with Gasteiger partial charge >= 0.3 is 6.18 Å². The van der Waals surface area contributed by atoms with Crippen molar-refractivity contribution >= 4 is 0 Å². The third-order valence-electron chi connectivity index (χ3n) is 3.24. The number of nitrogens with zero attached hydrogens (tertiary/aromatic N) is 3. The summed E-state index contributed by atoms with van der Waals surface area (Å²) in [5.41, 5.74) is -2.11. The van der Waals surface area contributed by atoms with Crippen molar-refractivity contribution in [1.82, 2.24) is 25.4 Å². The Morgan fingerprint density at radius 1 is 1.37 bits per heavy atom. The average Bonchev–Trinajstić information content (AvgIpc) is 3.10. The lowest BCUT2D eigenvalue weighted by molar-refractivity contribution is -0.191. The standard InChI is InChI=1S/C10H10F3N5O/c11-10(12,13)9(1-2-14-5-9)8-17-7(18-19-8)6-15-3-4-16-6/h3-4,14H,1-2,5H2,(H,15,16). The third-order valence-corrected chi connectivity index (χ3v) is 3.24. The van der Waals surface area contributed by atoms with E-state index in [1.54, 1.807) is 0 Å². The highest BCUT2D eigenvalue weighted by atomic mass is 19.4. The molecule has 1 fully saturated rings. The Bertz CT molecular complexity index is 556. The highest BCUT2D eigenvalue weighted by Gasteiger charge is 2.61. The van der Waals surface area contributed by atoms with E-state index in [0.717, 1.165) is 0 Å². The number of aromatic nitrogens is 4. The Balaban J connectivity index is 2.01. The predicted octanol–water partition coefficient (Wildman–Crippen LogP) is 1.25. The zero-order valence-electron chi connectivity index (χ0n) is 9.66. The lowest BCUT2D eigenvalue weighted by atomic mass is 9.86. The molecule has 1 aliphatic heterocycles. The summed E-state index contributed by atoms with van der Waals surface area (Å²) >= 11 is 0. The quantitative estimate of drug-likeness (QED) is 0.861. The van der Waals surface area contributed by atoms with Gasteiger partial charge in [0.25, 0.3) is 0 Å². The molecule has 102 valence electrons. The Morgan fingerprint density at radius 3 is 2.79 bits per heavy atom. The molecule has 2 aromatic heterocycles. The summed E-state index contributed by atoms with van der Waals surface area (Å²) < 4.78 is 44.6. The van der Waals surface area contributed by atoms with Crippen molar-refractivity contribution in [2.24, 2.45) is 0 Å². The molecule has 2 N–H and O–H groups in total. The first kappa shape index (κ1) is 12.2. The maximum atomic E-state index is 13.3. The summed E-state index contributed by atoms with van der Waals surface area (Å²) in [7, 11) is 0. The highest BCUT2D eigenvalue weighted by molar-refractivity contribution is 5.41. The summed E-state index contributed by atoms with van der Waals surface area (Å²) in [5.74, 6) is -0.120. The number of H-pyrrole nitrogens is 1. The summed E-state index contributed by atoms with van der Waals surface area (Å²) in [6, 6.07) is 0. The van der Waals surface area contributed by atoms with Gasteiger partial charge in [-0.2, -0.15) is 18.2 Å². The lowest BCUT2D eigenvalue weighted by Crippen LogP contribution is -2.44. The second kappa shape index (κ2) is 4.05. The fraction of sp³-hybridized carbons (Fsp3) is 0.500. The molecule has 3 heterocycles. The van der Waals surface area contributed by atoms with E-state index in [1.165, 1.54) is 12.4 Å². The van der Waals surface area contributed by atoms with Crippen LogP contribution in [0.1, 0.15) is 12.3 Å². The van der Waals surface area contributed by atoms with Crippen LogP contribution >= 0.6 is 0 Å². The molecule has 6 nitrogen and oxygen atoms in total. The molecule has 1 saturated heterocycles. The first-order chi connectivity index (χ1) is 9.03. The van der Waals surface area contributed by atoms with Gasteiger partial charge in [0.05, 0.1) is 0 Å². The zero-order valence-corrected chi connectivity index (χ0v) is 9.66. The minimum Gasteiger partial charge on any atom is -0.342 e. The Labute approximate surface area is 105 Å². The molecule has 0 aliphatic carbocycles. The molecular weight excluding hydrogens is 263 g/mol. The van der Waals surface area contributed by atoms with Gasteiger partial charge in [0.1, 0.15) is 0 Å². The normalized spacial score (nSPS) is 23.9. The fourth-order valence-electron chi connectivity index (χ4n) is 2.14. The van der Waals surface area contributed by atoms with Crippen LogP contribution in [0.15, 0.2) is 16.9 Å². The molecule has 0 spiro atoms. The third kappa shape index (κ3) is 1.81. The predicted molar refractivity (Wildman–Crippen MR) is 57.1 cm³/mol. The molecular formula is C10H10F3N5O. The van der Waals surface area contributed by atoms with Crippen molar-refractivity contribution in [2.75, 3.05) is 13.1 Å². The maximum absolute atomic E-state index is 13.3. The molecule has 1 atom stereocenters. The van der Waals surface area contributed by atoms with Crippen molar-refractivity contribution in [2.45, 2.75) is 18.0 Å². The van der Waals surface area contributed by atoms with Crippen LogP contribution in [-0.2, 0) is 5.41 Å². The first-order valence-corrected chi connectivity index (χ1v) is 5.64. The van der Waals surface area contributed by atoms with Crippen LogP contribution < -0.4 is 5.32 Å². The zero-order chi connectivity index (χ0) is 13.5. The number of hydrogen-bond donors (Lipinski definition) is 2. The molecule has 1 aliphatic rings. The van der Waals surface area contributed by atoms with E-state index in [4.69, 9.17) is 4.52 Å². The van der Waals surface area contributed by atoms with Crippen LogP contribution in [0.5, 0.6) is 0 Å². The van der Waals surface area contributed by atoms with E-state index in [0.29, 0.717) is 0 Å². The number of nitrogens with one attached hydrogen (secondary N) is 2. The van der Waals surface area contributed by atoms with Crippen molar-refractivity contribution < 1.29 is 17.7 Å². The van der Waals surface area contributed by atoms with Crippen LogP contribution in [0.2, 0.25) is 0 Å². The number of hydrogen-bond acceptors (Lipinski definition) is 5. The SMILES string of the molecule is FC(F)(F)C1(c2nc(-c3ncc[nH]3)no2)CCNC1. The van der Waals surface area contributed by atoms with Crippen molar-refractivity contribution in [3.8, 4) is 11.6 Å². The molecule has 0 aromatic carbocycles. The summed E-state index contributed by atoms with van der Waals surface area (Å²) in [6.07, 6.45) is -1.57. The molecule has 19 heavy (non-hydrogen) atoms. The van der Waals surface area contributed by atoms with Gasteiger partial charge < -0.3 is 14.8 Å². The topological polar surface area (TPSA) is 79.6 Å². The maximum Gasteiger partial charge on any atom is 0.404 e. The summed E-state index contributed by atoms with van der Waals surface area (Å²) in [6.45, 7) is 0.00820. The van der Waals surface area contributed by atoms with Crippen LogP contribution in [0.4, 0.5) is 13.2 Å². The Morgan fingerprint density at radius 2 is 2.21 bits per heavy atom. The van der Waals surface area contributed by atoms with E-state index in [9.17, 15) is 13.2 Å². The van der Waals surface area contributed by atoms with Gasteiger partial charge in [0, 0.05) is 18.9 Å².